The van der Waals surface area contributed by atoms with Gasteiger partial charge >= 0.3 is 6.36 Å². The molecule has 0 bridgehead atoms. The van der Waals surface area contributed by atoms with E-state index in [-0.39, 0.29) is 11.2 Å². The van der Waals surface area contributed by atoms with Crippen LogP contribution in [-0.2, 0) is 5.41 Å². The number of anilines is 2. The summed E-state index contributed by atoms with van der Waals surface area (Å²) in [5, 5.41) is 3.69. The second kappa shape index (κ2) is 8.55. The van der Waals surface area contributed by atoms with Crippen molar-refractivity contribution in [1.29, 1.82) is 0 Å². The molecule has 0 aliphatic rings. The first kappa shape index (κ1) is 22.8. The van der Waals surface area contributed by atoms with Gasteiger partial charge in [-0.15, -0.1) is 13.2 Å². The summed E-state index contributed by atoms with van der Waals surface area (Å²) >= 11 is 1.22. The molecule has 2 aromatic heterocycles. The lowest BCUT2D eigenvalue weighted by molar-refractivity contribution is -0.274. The Morgan fingerprint density at radius 2 is 1.76 bits per heavy atom. The van der Waals surface area contributed by atoms with E-state index >= 15 is 0 Å². The van der Waals surface area contributed by atoms with Crippen LogP contribution in [0.1, 0.15) is 31.9 Å². The molecule has 0 saturated carbocycles. The van der Waals surface area contributed by atoms with E-state index in [4.69, 9.17) is 4.74 Å². The molecule has 4 rings (SSSR count). The third-order valence-corrected chi connectivity index (χ3v) is 5.72. The van der Waals surface area contributed by atoms with Gasteiger partial charge < -0.3 is 14.8 Å². The van der Waals surface area contributed by atoms with Crippen molar-refractivity contribution in [3.05, 3.63) is 65.9 Å². The Balaban J connectivity index is 1.64. The van der Waals surface area contributed by atoms with E-state index in [2.05, 4.69) is 40.8 Å². The second-order valence-corrected chi connectivity index (χ2v) is 9.51. The first-order valence-corrected chi connectivity index (χ1v) is 11.0. The van der Waals surface area contributed by atoms with Gasteiger partial charge in [0.1, 0.15) is 17.2 Å². The molecule has 0 radical (unpaired) electrons. The fourth-order valence-corrected chi connectivity index (χ4v) is 4.36. The molecule has 0 amide bonds. The van der Waals surface area contributed by atoms with Crippen molar-refractivity contribution in [2.24, 2.45) is 0 Å². The minimum atomic E-state index is -4.75. The molecule has 9 heteroatoms. The van der Waals surface area contributed by atoms with E-state index in [1.165, 1.54) is 23.5 Å². The monoisotopic (exact) mass is 473 g/mol. The molecule has 33 heavy (non-hydrogen) atoms. The molecule has 172 valence electrons. The molecule has 0 fully saturated rings. The zero-order valence-electron chi connectivity index (χ0n) is 18.4. The van der Waals surface area contributed by atoms with Gasteiger partial charge in [0.15, 0.2) is 5.13 Å². The number of thiazole rings is 1. The Hall–Kier alpha value is -3.33. The van der Waals surface area contributed by atoms with Crippen LogP contribution >= 0.6 is 11.3 Å². The van der Waals surface area contributed by atoms with Gasteiger partial charge in [-0.05, 0) is 42.2 Å². The summed E-state index contributed by atoms with van der Waals surface area (Å²) < 4.78 is 48.7. The van der Waals surface area contributed by atoms with Crippen molar-refractivity contribution in [2.45, 2.75) is 39.5 Å². The summed E-state index contributed by atoms with van der Waals surface area (Å²) in [6.45, 7) is 8.00. The van der Waals surface area contributed by atoms with Crippen LogP contribution in [0.2, 0.25) is 0 Å². The van der Waals surface area contributed by atoms with Gasteiger partial charge in [-0.1, -0.05) is 50.3 Å². The van der Waals surface area contributed by atoms with Crippen LogP contribution in [0.5, 0.6) is 17.4 Å². The van der Waals surface area contributed by atoms with Gasteiger partial charge in [-0.3, -0.25) is 0 Å². The van der Waals surface area contributed by atoms with Crippen LogP contribution in [0.3, 0.4) is 0 Å². The number of halogens is 3. The number of benzene rings is 2. The highest BCUT2D eigenvalue weighted by molar-refractivity contribution is 7.22. The van der Waals surface area contributed by atoms with E-state index in [9.17, 15) is 13.2 Å². The van der Waals surface area contributed by atoms with Crippen LogP contribution in [0, 0.1) is 6.92 Å². The van der Waals surface area contributed by atoms with Crippen molar-refractivity contribution in [3.8, 4) is 17.4 Å². The minimum absolute atomic E-state index is 0.125. The van der Waals surface area contributed by atoms with Gasteiger partial charge in [0, 0.05) is 17.8 Å². The SMILES string of the molecule is Cc1cc(OC(F)(F)F)cc2sc(Nc3cccnc3Oc3ccccc3C(C)(C)C)nc12. The zero-order chi connectivity index (χ0) is 23.8. The van der Waals surface area contributed by atoms with Crippen LogP contribution in [0.25, 0.3) is 10.2 Å². The van der Waals surface area contributed by atoms with Crippen molar-refractivity contribution in [2.75, 3.05) is 5.32 Å². The lowest BCUT2D eigenvalue weighted by atomic mass is 9.86. The highest BCUT2D eigenvalue weighted by Crippen LogP contribution is 2.38. The quantitative estimate of drug-likeness (QED) is 0.321. The van der Waals surface area contributed by atoms with Crippen molar-refractivity contribution in [3.63, 3.8) is 0 Å². The van der Waals surface area contributed by atoms with Crippen molar-refractivity contribution in [1.82, 2.24) is 9.97 Å². The van der Waals surface area contributed by atoms with E-state index in [1.54, 1.807) is 25.3 Å². The summed E-state index contributed by atoms with van der Waals surface area (Å²) in [5.41, 5.74) is 2.68. The predicted octanol–water partition coefficient (Wildman–Crippen LogP) is 7.73. The number of aryl methyl sites for hydroxylation is 1. The Morgan fingerprint density at radius 1 is 1.00 bits per heavy atom. The van der Waals surface area contributed by atoms with Crippen LogP contribution in [0.15, 0.2) is 54.7 Å². The van der Waals surface area contributed by atoms with E-state index in [0.29, 0.717) is 38.2 Å². The van der Waals surface area contributed by atoms with Crippen molar-refractivity contribution >= 4 is 32.4 Å². The standard InChI is InChI=1S/C24H22F3N3O2S/c1-14-12-15(32-24(25,26)27)13-19-20(14)30-22(33-19)29-17-9-7-11-28-21(17)31-18-10-6-5-8-16(18)23(2,3)4/h5-13H,1-4H3,(H,29,30). The molecule has 2 aromatic carbocycles. The third kappa shape index (κ3) is 5.36. The highest BCUT2D eigenvalue weighted by Gasteiger charge is 2.31. The first-order valence-electron chi connectivity index (χ1n) is 10.2. The molecule has 0 aliphatic heterocycles. The maximum Gasteiger partial charge on any atom is 0.573 e. The summed E-state index contributed by atoms with van der Waals surface area (Å²) in [4.78, 5) is 8.90. The number of fused-ring (bicyclic) bond motifs is 1. The van der Waals surface area contributed by atoms with E-state index < -0.39 is 6.36 Å². The third-order valence-electron chi connectivity index (χ3n) is 4.81. The second-order valence-electron chi connectivity index (χ2n) is 8.48. The summed E-state index contributed by atoms with van der Waals surface area (Å²) in [6.07, 6.45) is -3.12. The van der Waals surface area contributed by atoms with Crippen LogP contribution < -0.4 is 14.8 Å². The Morgan fingerprint density at radius 3 is 2.48 bits per heavy atom. The van der Waals surface area contributed by atoms with Crippen LogP contribution in [-0.4, -0.2) is 16.3 Å². The molecule has 0 atom stereocenters. The molecule has 0 saturated heterocycles. The fraction of sp³-hybridized carbons (Fsp3) is 0.250. The topological polar surface area (TPSA) is 56.3 Å². The number of hydrogen-bond acceptors (Lipinski definition) is 6. The number of ether oxygens (including phenoxy) is 2. The van der Waals surface area contributed by atoms with E-state index in [1.807, 2.05) is 24.3 Å². The normalized spacial score (nSPS) is 12.1. The Labute approximate surface area is 193 Å². The number of para-hydroxylation sites is 1. The average molecular weight is 474 g/mol. The lowest BCUT2D eigenvalue weighted by Crippen LogP contribution is -2.17. The summed E-state index contributed by atoms with van der Waals surface area (Å²) in [5.74, 6) is 0.791. The van der Waals surface area contributed by atoms with E-state index in [0.717, 1.165) is 5.56 Å². The van der Waals surface area contributed by atoms with Gasteiger partial charge in [0.05, 0.1) is 10.2 Å². The highest BCUT2D eigenvalue weighted by atomic mass is 32.1. The number of rotatable bonds is 5. The maximum atomic E-state index is 12.6. The molecular weight excluding hydrogens is 451 g/mol. The number of hydrogen-bond donors (Lipinski definition) is 1. The molecule has 1 N–H and O–H groups in total. The smallest absolute Gasteiger partial charge is 0.437 e. The number of pyridine rings is 1. The Kier molecular flexibility index (Phi) is 5.92. The Bertz CT molecular complexity index is 1300. The lowest BCUT2D eigenvalue weighted by Gasteiger charge is -2.22. The zero-order valence-corrected chi connectivity index (χ0v) is 19.3. The van der Waals surface area contributed by atoms with Gasteiger partial charge in [0.25, 0.3) is 0 Å². The summed E-state index contributed by atoms with van der Waals surface area (Å²) in [6, 6.07) is 14.0. The minimum Gasteiger partial charge on any atom is -0.437 e. The number of nitrogens with one attached hydrogen (secondary N) is 1. The number of alkyl halides is 3. The van der Waals surface area contributed by atoms with Gasteiger partial charge in [0.2, 0.25) is 5.88 Å². The molecule has 4 aromatic rings. The predicted molar refractivity (Wildman–Crippen MR) is 124 cm³/mol. The molecule has 5 nitrogen and oxygen atoms in total. The largest absolute Gasteiger partial charge is 0.573 e. The molecule has 0 aliphatic carbocycles. The molecule has 0 spiro atoms. The first-order chi connectivity index (χ1) is 15.5. The maximum absolute atomic E-state index is 12.6. The van der Waals surface area contributed by atoms with Crippen LogP contribution in [0.4, 0.5) is 24.0 Å². The number of nitrogens with zero attached hydrogens (tertiary/aromatic N) is 2. The average Bonchev–Trinajstić information content (AvgIpc) is 3.11. The van der Waals surface area contributed by atoms with Crippen molar-refractivity contribution < 1.29 is 22.6 Å². The molecule has 0 unspecified atom stereocenters. The fourth-order valence-electron chi connectivity index (χ4n) is 3.37. The molecule has 2 heterocycles. The van der Waals surface area contributed by atoms with Gasteiger partial charge in [-0.2, -0.15) is 0 Å². The number of aromatic nitrogens is 2. The molecular formula is C24H22F3N3O2S. The summed E-state index contributed by atoms with van der Waals surface area (Å²) in [7, 11) is 0. The van der Waals surface area contributed by atoms with Gasteiger partial charge in [-0.25, -0.2) is 9.97 Å².